The van der Waals surface area contributed by atoms with Crippen LogP contribution in [0.1, 0.15) is 58.8 Å². The van der Waals surface area contributed by atoms with Gasteiger partial charge in [-0.25, -0.2) is 0 Å². The first-order valence-corrected chi connectivity index (χ1v) is 8.48. The Bertz CT molecular complexity index is 313. The highest BCUT2D eigenvalue weighted by atomic mass is 32.2. The van der Waals surface area contributed by atoms with Gasteiger partial charge in [-0.3, -0.25) is 5.32 Å². The van der Waals surface area contributed by atoms with Gasteiger partial charge in [-0.15, -0.1) is 0 Å². The molecule has 102 valence electrons. The molecule has 2 fully saturated rings. The van der Waals surface area contributed by atoms with Crippen LogP contribution in [0.2, 0.25) is 0 Å². The monoisotopic (exact) mass is 266 g/mol. The number of rotatable bonds is 2. The summed E-state index contributed by atoms with van der Waals surface area (Å²) in [5.74, 6) is 2.15. The Morgan fingerprint density at radius 2 is 1.78 bits per heavy atom. The van der Waals surface area contributed by atoms with Gasteiger partial charge in [0.1, 0.15) is 5.54 Å². The number of nitriles is 1. The lowest BCUT2D eigenvalue weighted by Crippen LogP contribution is -2.55. The summed E-state index contributed by atoms with van der Waals surface area (Å²) in [5.41, 5.74) is 0.0117. The van der Waals surface area contributed by atoms with Gasteiger partial charge in [0.25, 0.3) is 0 Å². The molecular weight excluding hydrogens is 240 g/mol. The minimum Gasteiger partial charge on any atom is -0.296 e. The van der Waals surface area contributed by atoms with Crippen LogP contribution >= 0.6 is 11.8 Å². The lowest BCUT2D eigenvalue weighted by molar-refractivity contribution is 0.243. The molecule has 0 aromatic rings. The van der Waals surface area contributed by atoms with Crippen LogP contribution in [0.4, 0.5) is 0 Å². The van der Waals surface area contributed by atoms with E-state index in [9.17, 15) is 5.26 Å². The zero-order valence-corrected chi connectivity index (χ0v) is 12.6. The minimum atomic E-state index is -0.276. The molecule has 0 amide bonds. The van der Waals surface area contributed by atoms with Crippen molar-refractivity contribution in [2.24, 2.45) is 5.41 Å². The van der Waals surface area contributed by atoms with Gasteiger partial charge >= 0.3 is 0 Å². The SMILES string of the molecule is CC1(C)CSCC(C#N)(NC2CCCCCC2)C1. The van der Waals surface area contributed by atoms with Crippen LogP contribution in [0.5, 0.6) is 0 Å². The lowest BCUT2D eigenvalue weighted by Gasteiger charge is -2.42. The Morgan fingerprint density at radius 1 is 1.11 bits per heavy atom. The van der Waals surface area contributed by atoms with Gasteiger partial charge in [-0.05, 0) is 30.4 Å². The van der Waals surface area contributed by atoms with Crippen LogP contribution in [-0.2, 0) is 0 Å². The number of nitrogens with one attached hydrogen (secondary N) is 1. The van der Waals surface area contributed by atoms with E-state index >= 15 is 0 Å². The molecule has 0 spiro atoms. The van der Waals surface area contributed by atoms with Gasteiger partial charge in [-0.1, -0.05) is 39.5 Å². The molecule has 2 nitrogen and oxygen atoms in total. The largest absolute Gasteiger partial charge is 0.296 e. The third-order valence-electron chi connectivity index (χ3n) is 4.17. The number of thioether (sulfide) groups is 1. The third kappa shape index (κ3) is 3.65. The molecular formula is C15H26N2S. The summed E-state index contributed by atoms with van der Waals surface area (Å²) in [6.07, 6.45) is 8.92. The van der Waals surface area contributed by atoms with Gasteiger partial charge < -0.3 is 0 Å². The number of hydrogen-bond acceptors (Lipinski definition) is 3. The van der Waals surface area contributed by atoms with E-state index in [4.69, 9.17) is 0 Å². The Balaban J connectivity index is 2.01. The summed E-state index contributed by atoms with van der Waals surface area (Å²) in [6.45, 7) is 4.58. The first-order chi connectivity index (χ1) is 8.55. The number of hydrogen-bond donors (Lipinski definition) is 1. The Kier molecular flexibility index (Phi) is 4.61. The summed E-state index contributed by atoms with van der Waals surface area (Å²) in [6, 6.07) is 3.18. The van der Waals surface area contributed by atoms with Crippen LogP contribution in [0, 0.1) is 16.7 Å². The zero-order chi connectivity index (χ0) is 13.1. The van der Waals surface area contributed by atoms with E-state index in [2.05, 4.69) is 25.2 Å². The fourth-order valence-electron chi connectivity index (χ4n) is 3.43. The second-order valence-electron chi connectivity index (χ2n) is 6.86. The van der Waals surface area contributed by atoms with E-state index in [1.165, 1.54) is 44.3 Å². The molecule has 0 aromatic carbocycles. The second-order valence-corrected chi connectivity index (χ2v) is 7.85. The summed E-state index contributed by atoms with van der Waals surface area (Å²) in [5, 5.41) is 13.4. The standard InChI is InChI=1S/C15H26N2S/c1-14(2)9-15(10-16,12-18-11-14)17-13-7-5-3-4-6-8-13/h13,17H,3-9,11-12H2,1-2H3. The minimum absolute atomic E-state index is 0.276. The van der Waals surface area contributed by atoms with Crippen molar-refractivity contribution in [3.8, 4) is 6.07 Å². The molecule has 1 unspecified atom stereocenters. The molecule has 3 heteroatoms. The van der Waals surface area contributed by atoms with E-state index in [-0.39, 0.29) is 11.0 Å². The van der Waals surface area contributed by atoms with Crippen LogP contribution < -0.4 is 5.32 Å². The fraction of sp³-hybridized carbons (Fsp3) is 0.933. The molecule has 1 saturated carbocycles. The van der Waals surface area contributed by atoms with Crippen molar-refractivity contribution in [2.45, 2.75) is 70.4 Å². The molecule has 1 N–H and O–H groups in total. The topological polar surface area (TPSA) is 35.8 Å². The predicted molar refractivity (Wildman–Crippen MR) is 78.7 cm³/mol. The predicted octanol–water partition coefficient (Wildman–Crippen LogP) is 3.72. The zero-order valence-electron chi connectivity index (χ0n) is 11.8. The smallest absolute Gasteiger partial charge is 0.116 e. The maximum atomic E-state index is 9.65. The quantitative estimate of drug-likeness (QED) is 0.774. The maximum absolute atomic E-state index is 9.65. The molecule has 0 radical (unpaired) electrons. The van der Waals surface area contributed by atoms with E-state index in [0.717, 1.165) is 12.2 Å². The van der Waals surface area contributed by atoms with E-state index in [1.807, 2.05) is 11.8 Å². The van der Waals surface area contributed by atoms with Gasteiger partial charge in [0.15, 0.2) is 0 Å². The van der Waals surface area contributed by atoms with E-state index in [0.29, 0.717) is 6.04 Å². The molecule has 0 bridgehead atoms. The molecule has 1 atom stereocenters. The van der Waals surface area contributed by atoms with Crippen molar-refractivity contribution < 1.29 is 0 Å². The summed E-state index contributed by atoms with van der Waals surface area (Å²) in [7, 11) is 0. The summed E-state index contributed by atoms with van der Waals surface area (Å²) < 4.78 is 0. The molecule has 1 heterocycles. The fourth-order valence-corrected chi connectivity index (χ4v) is 4.79. The third-order valence-corrected chi connectivity index (χ3v) is 5.85. The summed E-state index contributed by atoms with van der Waals surface area (Å²) >= 11 is 1.94. The van der Waals surface area contributed by atoms with Crippen molar-refractivity contribution >= 4 is 11.8 Å². The van der Waals surface area contributed by atoms with E-state index in [1.54, 1.807) is 0 Å². The average molecular weight is 266 g/mol. The highest BCUT2D eigenvalue weighted by molar-refractivity contribution is 7.99. The van der Waals surface area contributed by atoms with E-state index < -0.39 is 0 Å². The molecule has 1 aliphatic heterocycles. The second kappa shape index (κ2) is 5.84. The van der Waals surface area contributed by atoms with Gasteiger partial charge in [-0.2, -0.15) is 17.0 Å². The van der Waals surface area contributed by atoms with Crippen molar-refractivity contribution in [2.75, 3.05) is 11.5 Å². The van der Waals surface area contributed by atoms with Crippen molar-refractivity contribution in [3.63, 3.8) is 0 Å². The van der Waals surface area contributed by atoms with Gasteiger partial charge in [0.2, 0.25) is 0 Å². The molecule has 1 aliphatic carbocycles. The highest BCUT2D eigenvalue weighted by Gasteiger charge is 2.41. The van der Waals surface area contributed by atoms with Gasteiger partial charge in [0, 0.05) is 11.8 Å². The van der Waals surface area contributed by atoms with Crippen molar-refractivity contribution in [3.05, 3.63) is 0 Å². The van der Waals surface area contributed by atoms with Crippen LogP contribution in [-0.4, -0.2) is 23.1 Å². The Labute approximate surface area is 116 Å². The van der Waals surface area contributed by atoms with Gasteiger partial charge in [0.05, 0.1) is 6.07 Å². The van der Waals surface area contributed by atoms with Crippen LogP contribution in [0.15, 0.2) is 0 Å². The first-order valence-electron chi connectivity index (χ1n) is 7.32. The normalized spacial score (nSPS) is 33.6. The van der Waals surface area contributed by atoms with Crippen LogP contribution in [0.25, 0.3) is 0 Å². The molecule has 2 rings (SSSR count). The molecule has 0 aromatic heterocycles. The highest BCUT2D eigenvalue weighted by Crippen LogP contribution is 2.39. The maximum Gasteiger partial charge on any atom is 0.116 e. The average Bonchev–Trinajstić information content (AvgIpc) is 2.56. The van der Waals surface area contributed by atoms with Crippen LogP contribution in [0.3, 0.4) is 0 Å². The number of nitrogens with zero attached hydrogens (tertiary/aromatic N) is 1. The molecule has 2 aliphatic rings. The van der Waals surface area contributed by atoms with Crippen molar-refractivity contribution in [1.29, 1.82) is 5.26 Å². The summed E-state index contributed by atoms with van der Waals surface area (Å²) in [4.78, 5) is 0. The lowest BCUT2D eigenvalue weighted by atomic mass is 9.80. The Hall–Kier alpha value is -0.200. The van der Waals surface area contributed by atoms with Crippen molar-refractivity contribution in [1.82, 2.24) is 5.32 Å². The molecule has 1 saturated heterocycles. The Morgan fingerprint density at radius 3 is 2.33 bits per heavy atom. The first kappa shape index (κ1) is 14.2. The molecule has 18 heavy (non-hydrogen) atoms.